The van der Waals surface area contributed by atoms with E-state index in [2.05, 4.69) is 33.4 Å². The monoisotopic (exact) mass is 372 g/mol. The predicted molar refractivity (Wildman–Crippen MR) is 115 cm³/mol. The summed E-state index contributed by atoms with van der Waals surface area (Å²) in [6, 6.07) is 18.1. The van der Waals surface area contributed by atoms with E-state index in [0.717, 1.165) is 42.1 Å². The number of rotatable bonds is 4. The van der Waals surface area contributed by atoms with Gasteiger partial charge in [0.05, 0.1) is 17.4 Å². The second-order valence-corrected chi connectivity index (χ2v) is 7.22. The van der Waals surface area contributed by atoms with Gasteiger partial charge in [-0.2, -0.15) is 0 Å². The van der Waals surface area contributed by atoms with Gasteiger partial charge in [0.25, 0.3) is 5.91 Å². The molecule has 4 rings (SSSR count). The van der Waals surface area contributed by atoms with E-state index in [-0.39, 0.29) is 5.91 Å². The van der Waals surface area contributed by atoms with Crippen molar-refractivity contribution in [1.82, 2.24) is 4.98 Å². The van der Waals surface area contributed by atoms with Crippen molar-refractivity contribution in [3.8, 4) is 0 Å². The molecule has 0 unspecified atom stereocenters. The van der Waals surface area contributed by atoms with Gasteiger partial charge < -0.3 is 15.1 Å². The topological polar surface area (TPSA) is 48.5 Å². The summed E-state index contributed by atoms with van der Waals surface area (Å²) in [6.07, 6.45) is 5.37. The SMILES string of the molecule is CN(C)c1ccc(Nc2cncc(C(=O)N3CCCc4ccccc43)c2)cc1. The molecule has 3 aromatic rings. The Morgan fingerprint density at radius 3 is 2.61 bits per heavy atom. The van der Waals surface area contributed by atoms with Crippen LogP contribution in [0.4, 0.5) is 22.7 Å². The maximum Gasteiger partial charge on any atom is 0.259 e. The lowest BCUT2D eigenvalue weighted by Gasteiger charge is -2.29. The molecule has 2 heterocycles. The van der Waals surface area contributed by atoms with Gasteiger partial charge in [-0.05, 0) is 54.8 Å². The maximum atomic E-state index is 13.1. The van der Waals surface area contributed by atoms with Gasteiger partial charge in [-0.1, -0.05) is 18.2 Å². The number of anilines is 4. The Hall–Kier alpha value is -3.34. The van der Waals surface area contributed by atoms with Crippen LogP contribution in [0.15, 0.2) is 67.0 Å². The first-order valence-corrected chi connectivity index (χ1v) is 9.51. The van der Waals surface area contributed by atoms with Gasteiger partial charge in [0.2, 0.25) is 0 Å². The van der Waals surface area contributed by atoms with Gasteiger partial charge in [-0.25, -0.2) is 0 Å². The highest BCUT2D eigenvalue weighted by atomic mass is 16.2. The number of nitrogens with one attached hydrogen (secondary N) is 1. The first kappa shape index (κ1) is 18.0. The lowest BCUT2D eigenvalue weighted by atomic mass is 10.0. The third-order valence-corrected chi connectivity index (χ3v) is 5.01. The minimum atomic E-state index is -0.00810. The largest absolute Gasteiger partial charge is 0.378 e. The Morgan fingerprint density at radius 2 is 1.82 bits per heavy atom. The average molecular weight is 372 g/mol. The number of hydrogen-bond acceptors (Lipinski definition) is 4. The molecule has 0 spiro atoms. The molecule has 1 aliphatic heterocycles. The summed E-state index contributed by atoms with van der Waals surface area (Å²) in [6.45, 7) is 0.736. The minimum Gasteiger partial charge on any atom is -0.378 e. The van der Waals surface area contributed by atoms with Crippen molar-refractivity contribution in [3.63, 3.8) is 0 Å². The number of fused-ring (bicyclic) bond motifs is 1. The third-order valence-electron chi connectivity index (χ3n) is 5.01. The molecule has 0 bridgehead atoms. The molecule has 0 aliphatic carbocycles. The summed E-state index contributed by atoms with van der Waals surface area (Å²) in [7, 11) is 4.03. The molecule has 1 N–H and O–H groups in total. The molecule has 1 amide bonds. The van der Waals surface area contributed by atoms with E-state index < -0.39 is 0 Å². The quantitative estimate of drug-likeness (QED) is 0.733. The number of amides is 1. The van der Waals surface area contributed by atoms with Crippen molar-refractivity contribution in [3.05, 3.63) is 78.1 Å². The maximum absolute atomic E-state index is 13.1. The normalized spacial score (nSPS) is 13.0. The fourth-order valence-electron chi connectivity index (χ4n) is 3.54. The summed E-state index contributed by atoms with van der Waals surface area (Å²) in [4.78, 5) is 21.3. The molecule has 5 heteroatoms. The van der Waals surface area contributed by atoms with E-state index in [0.29, 0.717) is 5.56 Å². The number of aryl methyl sites for hydroxylation is 1. The van der Waals surface area contributed by atoms with Crippen molar-refractivity contribution in [2.45, 2.75) is 12.8 Å². The Morgan fingerprint density at radius 1 is 1.04 bits per heavy atom. The molecule has 1 aromatic heterocycles. The Kier molecular flexibility index (Phi) is 4.98. The Balaban J connectivity index is 1.55. The zero-order chi connectivity index (χ0) is 19.5. The first-order valence-electron chi connectivity index (χ1n) is 9.51. The molecule has 1 aliphatic rings. The molecule has 0 fully saturated rings. The number of carbonyl (C=O) groups is 1. The second kappa shape index (κ2) is 7.72. The highest BCUT2D eigenvalue weighted by Gasteiger charge is 2.23. The number of pyridine rings is 1. The highest BCUT2D eigenvalue weighted by Crippen LogP contribution is 2.28. The number of para-hydroxylation sites is 1. The van der Waals surface area contributed by atoms with Crippen LogP contribution >= 0.6 is 0 Å². The Labute approximate surface area is 165 Å². The molecule has 28 heavy (non-hydrogen) atoms. The molecule has 0 atom stereocenters. The van der Waals surface area contributed by atoms with Gasteiger partial charge >= 0.3 is 0 Å². The van der Waals surface area contributed by atoms with E-state index in [1.165, 1.54) is 5.56 Å². The smallest absolute Gasteiger partial charge is 0.259 e. The van der Waals surface area contributed by atoms with Crippen molar-refractivity contribution in [2.24, 2.45) is 0 Å². The van der Waals surface area contributed by atoms with Gasteiger partial charge in [-0.15, -0.1) is 0 Å². The fourth-order valence-corrected chi connectivity index (χ4v) is 3.54. The van der Waals surface area contributed by atoms with Crippen molar-refractivity contribution < 1.29 is 4.79 Å². The minimum absolute atomic E-state index is 0.00810. The number of benzene rings is 2. The van der Waals surface area contributed by atoms with E-state index >= 15 is 0 Å². The molecule has 0 saturated carbocycles. The van der Waals surface area contributed by atoms with Crippen LogP contribution in [-0.2, 0) is 6.42 Å². The summed E-state index contributed by atoms with van der Waals surface area (Å²) >= 11 is 0. The zero-order valence-electron chi connectivity index (χ0n) is 16.2. The average Bonchev–Trinajstić information content (AvgIpc) is 2.73. The Bertz CT molecular complexity index is 982. The standard InChI is InChI=1S/C23H24N4O/c1-26(2)21-11-9-19(10-12-21)25-20-14-18(15-24-16-20)23(28)27-13-5-7-17-6-3-4-8-22(17)27/h3-4,6,8-12,14-16,25H,5,7,13H2,1-2H3. The molecule has 142 valence electrons. The van der Waals surface area contributed by atoms with Crippen molar-refractivity contribution in [2.75, 3.05) is 35.8 Å². The molecule has 0 radical (unpaired) electrons. The van der Waals surface area contributed by atoms with Crippen LogP contribution in [0.25, 0.3) is 0 Å². The van der Waals surface area contributed by atoms with E-state index in [9.17, 15) is 4.79 Å². The van der Waals surface area contributed by atoms with Gasteiger partial charge in [0.1, 0.15) is 0 Å². The van der Waals surface area contributed by atoms with Crippen LogP contribution < -0.4 is 15.1 Å². The van der Waals surface area contributed by atoms with Crippen LogP contribution in [-0.4, -0.2) is 31.5 Å². The molecular weight excluding hydrogens is 348 g/mol. The summed E-state index contributed by atoms with van der Waals surface area (Å²) in [5.74, 6) is -0.00810. The predicted octanol–water partition coefficient (Wildman–Crippen LogP) is 4.48. The third kappa shape index (κ3) is 3.69. The number of carbonyl (C=O) groups excluding carboxylic acids is 1. The number of nitrogens with zero attached hydrogens (tertiary/aromatic N) is 3. The highest BCUT2D eigenvalue weighted by molar-refractivity contribution is 6.07. The molecule has 2 aromatic carbocycles. The summed E-state index contributed by atoms with van der Waals surface area (Å²) in [5, 5.41) is 3.34. The first-order chi connectivity index (χ1) is 13.6. The summed E-state index contributed by atoms with van der Waals surface area (Å²) < 4.78 is 0. The van der Waals surface area contributed by atoms with Crippen LogP contribution in [0, 0.1) is 0 Å². The fraction of sp³-hybridized carbons (Fsp3) is 0.217. The number of aromatic nitrogens is 1. The van der Waals surface area contributed by atoms with Gasteiger partial charge in [-0.3, -0.25) is 9.78 Å². The van der Waals surface area contributed by atoms with Crippen LogP contribution in [0.3, 0.4) is 0 Å². The van der Waals surface area contributed by atoms with Gasteiger partial charge in [0.15, 0.2) is 0 Å². The molecule has 0 saturated heterocycles. The summed E-state index contributed by atoms with van der Waals surface area (Å²) in [5.41, 5.74) is 5.72. The van der Waals surface area contributed by atoms with Gasteiger partial charge in [0, 0.05) is 43.9 Å². The zero-order valence-corrected chi connectivity index (χ0v) is 16.2. The lowest BCUT2D eigenvalue weighted by molar-refractivity contribution is 0.0985. The molecule has 5 nitrogen and oxygen atoms in total. The van der Waals surface area contributed by atoms with Crippen LogP contribution in [0.2, 0.25) is 0 Å². The van der Waals surface area contributed by atoms with Crippen LogP contribution in [0.1, 0.15) is 22.3 Å². The van der Waals surface area contributed by atoms with Crippen molar-refractivity contribution in [1.29, 1.82) is 0 Å². The van der Waals surface area contributed by atoms with Crippen LogP contribution in [0.5, 0.6) is 0 Å². The second-order valence-electron chi connectivity index (χ2n) is 7.22. The lowest BCUT2D eigenvalue weighted by Crippen LogP contribution is -2.35. The number of hydrogen-bond donors (Lipinski definition) is 1. The van der Waals surface area contributed by atoms with Crippen molar-refractivity contribution >= 4 is 28.7 Å². The van der Waals surface area contributed by atoms with E-state index in [1.54, 1.807) is 12.4 Å². The van der Waals surface area contributed by atoms with E-state index in [1.807, 2.05) is 55.4 Å². The van der Waals surface area contributed by atoms with E-state index in [4.69, 9.17) is 0 Å². The molecular formula is C23H24N4O.